The van der Waals surface area contributed by atoms with Crippen LogP contribution >= 0.6 is 24.8 Å². The topological polar surface area (TPSA) is 53.1 Å². The highest BCUT2D eigenvalue weighted by atomic mass is 35.5. The second-order valence-corrected chi connectivity index (χ2v) is 3.13. The fourth-order valence-electron chi connectivity index (χ4n) is 1.39. The molecule has 0 atom stereocenters. The number of rotatable bonds is 2. The molecule has 2 rings (SSSR count). The highest BCUT2D eigenvalue weighted by Gasteiger charge is 2.10. The van der Waals surface area contributed by atoms with Crippen LogP contribution in [-0.2, 0) is 7.05 Å². The summed E-state index contributed by atoms with van der Waals surface area (Å²) in [4.78, 5) is 0. The van der Waals surface area contributed by atoms with Gasteiger partial charge in [0.15, 0.2) is 5.75 Å². The standard InChI is InChI=1S/C9H9F2N3O.2ClH/c1-14-4-5-2-6(12)8(15-9(10)11)3-7(5)13-14;;/h2-4,9H,12H2,1H3;2*1H. The van der Waals surface area contributed by atoms with E-state index in [1.807, 2.05) is 0 Å². The third-order valence-corrected chi connectivity index (χ3v) is 1.97. The Labute approximate surface area is 109 Å². The monoisotopic (exact) mass is 285 g/mol. The van der Waals surface area contributed by atoms with Gasteiger partial charge in [0.1, 0.15) is 0 Å². The minimum atomic E-state index is -2.88. The molecule has 0 saturated heterocycles. The summed E-state index contributed by atoms with van der Waals surface area (Å²) in [5.41, 5.74) is 6.30. The molecular formula is C9H11Cl2F2N3O. The first kappa shape index (κ1) is 15.7. The van der Waals surface area contributed by atoms with E-state index in [-0.39, 0.29) is 36.3 Å². The Morgan fingerprint density at radius 2 is 2.00 bits per heavy atom. The Morgan fingerprint density at radius 3 is 2.59 bits per heavy atom. The molecule has 96 valence electrons. The second-order valence-electron chi connectivity index (χ2n) is 3.13. The van der Waals surface area contributed by atoms with E-state index in [1.54, 1.807) is 24.0 Å². The lowest BCUT2D eigenvalue weighted by Crippen LogP contribution is -2.04. The predicted molar refractivity (Wildman–Crippen MR) is 66.3 cm³/mol. The van der Waals surface area contributed by atoms with Crippen molar-refractivity contribution in [1.82, 2.24) is 9.78 Å². The Hall–Kier alpha value is -1.27. The SMILES string of the molecule is Cl.Cl.Cn1cc2cc(N)c(OC(F)F)cc2n1. The van der Waals surface area contributed by atoms with E-state index in [1.165, 1.54) is 6.07 Å². The number of alkyl halides is 2. The van der Waals surface area contributed by atoms with Gasteiger partial charge in [0, 0.05) is 24.7 Å². The van der Waals surface area contributed by atoms with E-state index < -0.39 is 6.61 Å². The van der Waals surface area contributed by atoms with E-state index in [0.29, 0.717) is 5.52 Å². The van der Waals surface area contributed by atoms with Gasteiger partial charge in [0.2, 0.25) is 0 Å². The highest BCUT2D eigenvalue weighted by molar-refractivity contribution is 5.86. The lowest BCUT2D eigenvalue weighted by molar-refractivity contribution is -0.0492. The zero-order chi connectivity index (χ0) is 11.0. The van der Waals surface area contributed by atoms with Crippen molar-refractivity contribution in [3.05, 3.63) is 18.3 Å². The largest absolute Gasteiger partial charge is 0.433 e. The Kier molecular flexibility index (Phi) is 5.44. The number of benzene rings is 1. The summed E-state index contributed by atoms with van der Waals surface area (Å²) in [5.74, 6) is -0.0452. The van der Waals surface area contributed by atoms with E-state index in [4.69, 9.17) is 5.73 Å². The quantitative estimate of drug-likeness (QED) is 0.863. The molecule has 0 spiro atoms. The van der Waals surface area contributed by atoms with Crippen LogP contribution in [0, 0.1) is 0 Å². The molecule has 0 unspecified atom stereocenters. The van der Waals surface area contributed by atoms with E-state index in [0.717, 1.165) is 5.39 Å². The number of nitrogens with zero attached hydrogens (tertiary/aromatic N) is 2. The first-order valence-electron chi connectivity index (χ1n) is 4.24. The third kappa shape index (κ3) is 3.34. The molecule has 8 heteroatoms. The number of ether oxygens (including phenoxy) is 1. The highest BCUT2D eigenvalue weighted by Crippen LogP contribution is 2.28. The number of aromatic nitrogens is 2. The molecule has 17 heavy (non-hydrogen) atoms. The summed E-state index contributed by atoms with van der Waals surface area (Å²) >= 11 is 0. The van der Waals surface area contributed by atoms with Crippen molar-refractivity contribution in [1.29, 1.82) is 0 Å². The first-order valence-corrected chi connectivity index (χ1v) is 4.24. The van der Waals surface area contributed by atoms with Crippen LogP contribution in [0.1, 0.15) is 0 Å². The number of fused-ring (bicyclic) bond motifs is 1. The summed E-state index contributed by atoms with van der Waals surface area (Å²) < 4.78 is 29.8. The van der Waals surface area contributed by atoms with Crippen LogP contribution < -0.4 is 10.5 Å². The molecule has 0 fully saturated rings. The number of nitrogens with two attached hydrogens (primary N) is 1. The van der Waals surface area contributed by atoms with Crippen molar-refractivity contribution in [3.63, 3.8) is 0 Å². The van der Waals surface area contributed by atoms with E-state index >= 15 is 0 Å². The number of hydrogen-bond acceptors (Lipinski definition) is 3. The van der Waals surface area contributed by atoms with Gasteiger partial charge in [-0.25, -0.2) is 0 Å². The van der Waals surface area contributed by atoms with Gasteiger partial charge >= 0.3 is 6.61 Å². The van der Waals surface area contributed by atoms with Gasteiger partial charge in [-0.05, 0) is 6.07 Å². The van der Waals surface area contributed by atoms with Crippen LogP contribution in [0.5, 0.6) is 5.75 Å². The summed E-state index contributed by atoms with van der Waals surface area (Å²) in [6, 6.07) is 2.96. The maximum atomic E-state index is 12.0. The van der Waals surface area contributed by atoms with Crippen molar-refractivity contribution in [2.75, 3.05) is 5.73 Å². The fraction of sp³-hybridized carbons (Fsp3) is 0.222. The summed E-state index contributed by atoms with van der Waals surface area (Å²) in [7, 11) is 1.74. The first-order chi connectivity index (χ1) is 7.06. The van der Waals surface area contributed by atoms with Gasteiger partial charge < -0.3 is 10.5 Å². The second kappa shape index (κ2) is 5.88. The number of halogens is 4. The molecule has 0 amide bonds. The van der Waals surface area contributed by atoms with Crippen molar-refractivity contribution < 1.29 is 13.5 Å². The van der Waals surface area contributed by atoms with E-state index in [2.05, 4.69) is 9.84 Å². The van der Waals surface area contributed by atoms with Crippen molar-refractivity contribution >= 4 is 41.4 Å². The zero-order valence-corrected chi connectivity index (χ0v) is 10.4. The van der Waals surface area contributed by atoms with E-state index in [9.17, 15) is 8.78 Å². The predicted octanol–water partition coefficient (Wildman–Crippen LogP) is 2.60. The molecule has 0 bridgehead atoms. The lowest BCUT2D eigenvalue weighted by atomic mass is 10.2. The number of hydrogen-bond donors (Lipinski definition) is 1. The average molecular weight is 286 g/mol. The number of aryl methyl sites for hydroxylation is 1. The van der Waals surface area contributed by atoms with Gasteiger partial charge in [-0.3, -0.25) is 4.68 Å². The van der Waals surface area contributed by atoms with Crippen LogP contribution in [0.15, 0.2) is 18.3 Å². The molecule has 1 heterocycles. The molecule has 0 aliphatic carbocycles. The summed E-state index contributed by atoms with van der Waals surface area (Å²) in [6.45, 7) is -2.88. The molecule has 2 aromatic rings. The maximum Gasteiger partial charge on any atom is 0.387 e. The van der Waals surface area contributed by atoms with Gasteiger partial charge in [-0.15, -0.1) is 24.8 Å². The summed E-state index contributed by atoms with van der Waals surface area (Å²) in [5, 5.41) is 4.85. The lowest BCUT2D eigenvalue weighted by Gasteiger charge is -2.06. The Balaban J connectivity index is 0.00000128. The van der Waals surface area contributed by atoms with Crippen LogP contribution in [0.2, 0.25) is 0 Å². The molecule has 0 radical (unpaired) electrons. The molecule has 0 aliphatic rings. The van der Waals surface area contributed by atoms with Gasteiger partial charge in [0.05, 0.1) is 11.2 Å². The average Bonchev–Trinajstić information content (AvgIpc) is 2.44. The molecule has 0 aliphatic heterocycles. The van der Waals surface area contributed by atoms with Gasteiger partial charge in [-0.2, -0.15) is 13.9 Å². The molecule has 2 N–H and O–H groups in total. The Morgan fingerprint density at radius 1 is 1.35 bits per heavy atom. The van der Waals surface area contributed by atoms with Crippen molar-refractivity contribution in [2.24, 2.45) is 7.05 Å². The molecule has 1 aromatic heterocycles. The van der Waals surface area contributed by atoms with Crippen LogP contribution in [0.4, 0.5) is 14.5 Å². The number of anilines is 1. The van der Waals surface area contributed by atoms with Crippen LogP contribution in [0.3, 0.4) is 0 Å². The van der Waals surface area contributed by atoms with Gasteiger partial charge in [0.25, 0.3) is 0 Å². The van der Waals surface area contributed by atoms with Crippen LogP contribution in [0.25, 0.3) is 10.9 Å². The molecule has 1 aromatic carbocycles. The van der Waals surface area contributed by atoms with Crippen molar-refractivity contribution in [3.8, 4) is 5.75 Å². The minimum absolute atomic E-state index is 0. The zero-order valence-electron chi connectivity index (χ0n) is 8.76. The minimum Gasteiger partial charge on any atom is -0.433 e. The third-order valence-electron chi connectivity index (χ3n) is 1.97. The van der Waals surface area contributed by atoms with Crippen LogP contribution in [-0.4, -0.2) is 16.4 Å². The normalized spacial score (nSPS) is 9.88. The number of nitrogen functional groups attached to an aromatic ring is 1. The molecule has 4 nitrogen and oxygen atoms in total. The van der Waals surface area contributed by atoms with Gasteiger partial charge in [-0.1, -0.05) is 0 Å². The smallest absolute Gasteiger partial charge is 0.387 e. The molecule has 0 saturated carbocycles. The molecular weight excluding hydrogens is 275 g/mol. The fourth-order valence-corrected chi connectivity index (χ4v) is 1.39. The summed E-state index contributed by atoms with van der Waals surface area (Å²) in [6.07, 6.45) is 1.75. The van der Waals surface area contributed by atoms with Crippen molar-refractivity contribution in [2.45, 2.75) is 6.61 Å². The Bertz CT molecular complexity index is 504. The maximum absolute atomic E-state index is 12.0.